The van der Waals surface area contributed by atoms with Gasteiger partial charge in [-0.3, -0.25) is 9.10 Å². The summed E-state index contributed by atoms with van der Waals surface area (Å²) in [7, 11) is -3.48. The van der Waals surface area contributed by atoms with Gasteiger partial charge in [0, 0.05) is 15.7 Å². The van der Waals surface area contributed by atoms with E-state index in [2.05, 4.69) is 21.2 Å². The number of hydrogen-bond donors (Lipinski definition) is 1. The van der Waals surface area contributed by atoms with Crippen LogP contribution in [0.1, 0.15) is 27.0 Å². The summed E-state index contributed by atoms with van der Waals surface area (Å²) in [5.74, 6) is -0.227. The largest absolute Gasteiger partial charge is 0.322 e. The quantitative estimate of drug-likeness (QED) is 0.514. The van der Waals surface area contributed by atoms with Crippen molar-refractivity contribution < 1.29 is 13.2 Å². The van der Waals surface area contributed by atoms with Crippen LogP contribution < -0.4 is 9.62 Å². The number of benzene rings is 3. The molecule has 3 aromatic rings. The fourth-order valence-corrected chi connectivity index (χ4v) is 4.66. The van der Waals surface area contributed by atoms with Gasteiger partial charge in [-0.25, -0.2) is 8.42 Å². The van der Waals surface area contributed by atoms with Gasteiger partial charge in [-0.1, -0.05) is 52.3 Å². The smallest absolute Gasteiger partial charge is 0.255 e. The van der Waals surface area contributed by atoms with E-state index in [0.717, 1.165) is 21.2 Å². The lowest BCUT2D eigenvalue weighted by Crippen LogP contribution is -2.30. The Morgan fingerprint density at radius 1 is 0.967 bits per heavy atom. The standard InChI is InChI=1S/C23H23BrN2O3S/c1-16-6-4-7-17(2)22(16)26(30(3,28)29)15-18-10-12-19(13-11-18)23(27)25-21-9-5-8-20(24)14-21/h4-14H,15H2,1-3H3,(H,25,27). The third-order valence-electron chi connectivity index (χ3n) is 4.71. The number of rotatable bonds is 6. The summed E-state index contributed by atoms with van der Waals surface area (Å²) in [6.45, 7) is 3.99. The minimum Gasteiger partial charge on any atom is -0.322 e. The van der Waals surface area contributed by atoms with Crippen LogP contribution in [0.3, 0.4) is 0 Å². The lowest BCUT2D eigenvalue weighted by atomic mass is 10.1. The zero-order valence-corrected chi connectivity index (χ0v) is 19.4. The van der Waals surface area contributed by atoms with Gasteiger partial charge in [-0.15, -0.1) is 0 Å². The highest BCUT2D eigenvalue weighted by atomic mass is 79.9. The van der Waals surface area contributed by atoms with E-state index in [0.29, 0.717) is 16.9 Å². The average molecular weight is 487 g/mol. The van der Waals surface area contributed by atoms with Crippen LogP contribution in [-0.4, -0.2) is 20.6 Å². The van der Waals surface area contributed by atoms with Crippen molar-refractivity contribution in [1.82, 2.24) is 0 Å². The van der Waals surface area contributed by atoms with E-state index in [-0.39, 0.29) is 12.5 Å². The van der Waals surface area contributed by atoms with E-state index in [9.17, 15) is 13.2 Å². The Morgan fingerprint density at radius 3 is 2.13 bits per heavy atom. The number of hydrogen-bond acceptors (Lipinski definition) is 3. The molecule has 0 unspecified atom stereocenters. The molecular weight excluding hydrogens is 464 g/mol. The minimum absolute atomic E-state index is 0.193. The lowest BCUT2D eigenvalue weighted by molar-refractivity contribution is 0.102. The molecule has 5 nitrogen and oxygen atoms in total. The third-order valence-corrected chi connectivity index (χ3v) is 6.32. The molecule has 0 bridgehead atoms. The molecule has 0 saturated carbocycles. The van der Waals surface area contributed by atoms with E-state index in [1.54, 1.807) is 24.3 Å². The summed E-state index contributed by atoms with van der Waals surface area (Å²) >= 11 is 3.38. The van der Waals surface area contributed by atoms with Crippen molar-refractivity contribution in [3.05, 3.63) is 93.5 Å². The molecule has 30 heavy (non-hydrogen) atoms. The Balaban J connectivity index is 1.82. The van der Waals surface area contributed by atoms with Crippen molar-refractivity contribution in [3.63, 3.8) is 0 Å². The van der Waals surface area contributed by atoms with Crippen LogP contribution in [-0.2, 0) is 16.6 Å². The number of carbonyl (C=O) groups is 1. The van der Waals surface area contributed by atoms with Crippen LogP contribution >= 0.6 is 15.9 Å². The first-order valence-corrected chi connectivity index (χ1v) is 12.0. The summed E-state index contributed by atoms with van der Waals surface area (Å²) in [6.07, 6.45) is 1.21. The monoisotopic (exact) mass is 486 g/mol. The maximum atomic E-state index is 12.5. The van der Waals surface area contributed by atoms with Crippen LogP contribution in [0.2, 0.25) is 0 Å². The Labute approximate surface area is 185 Å². The fourth-order valence-electron chi connectivity index (χ4n) is 3.26. The zero-order chi connectivity index (χ0) is 21.9. The first-order chi connectivity index (χ1) is 14.1. The van der Waals surface area contributed by atoms with Crippen molar-refractivity contribution in [2.24, 2.45) is 0 Å². The summed E-state index contributed by atoms with van der Waals surface area (Å²) < 4.78 is 27.3. The number of nitrogens with zero attached hydrogens (tertiary/aromatic N) is 1. The third kappa shape index (κ3) is 5.29. The minimum atomic E-state index is -3.48. The van der Waals surface area contributed by atoms with E-state index in [4.69, 9.17) is 0 Å². The normalized spacial score (nSPS) is 11.2. The number of sulfonamides is 1. The molecule has 0 spiro atoms. The van der Waals surface area contributed by atoms with Gasteiger partial charge in [0.05, 0.1) is 18.5 Å². The number of aryl methyl sites for hydroxylation is 2. The van der Waals surface area contributed by atoms with Crippen molar-refractivity contribution in [1.29, 1.82) is 0 Å². The Bertz CT molecular complexity index is 1160. The van der Waals surface area contributed by atoms with Gasteiger partial charge < -0.3 is 5.32 Å². The van der Waals surface area contributed by atoms with Crippen LogP contribution in [0.5, 0.6) is 0 Å². The van der Waals surface area contributed by atoms with Crippen molar-refractivity contribution in [2.75, 3.05) is 15.9 Å². The second kappa shape index (κ2) is 9.02. The van der Waals surface area contributed by atoms with Crippen LogP contribution in [0.4, 0.5) is 11.4 Å². The van der Waals surface area contributed by atoms with Gasteiger partial charge in [-0.05, 0) is 60.9 Å². The van der Waals surface area contributed by atoms with Gasteiger partial charge in [0.25, 0.3) is 5.91 Å². The molecule has 1 N–H and O–H groups in total. The molecule has 0 fully saturated rings. The summed E-state index contributed by atoms with van der Waals surface area (Å²) in [5, 5.41) is 2.85. The second-order valence-electron chi connectivity index (χ2n) is 7.17. The second-order valence-corrected chi connectivity index (χ2v) is 9.99. The molecule has 1 amide bonds. The average Bonchev–Trinajstić information content (AvgIpc) is 2.67. The van der Waals surface area contributed by atoms with E-state index in [1.165, 1.54) is 10.6 Å². The van der Waals surface area contributed by atoms with E-state index >= 15 is 0 Å². The summed E-state index contributed by atoms with van der Waals surface area (Å²) in [6, 6.07) is 20.0. The molecule has 0 atom stereocenters. The fraction of sp³-hybridized carbons (Fsp3) is 0.174. The van der Waals surface area contributed by atoms with E-state index < -0.39 is 10.0 Å². The number of nitrogens with one attached hydrogen (secondary N) is 1. The van der Waals surface area contributed by atoms with Crippen LogP contribution in [0.25, 0.3) is 0 Å². The Morgan fingerprint density at radius 2 is 1.57 bits per heavy atom. The number of halogens is 1. The first kappa shape index (κ1) is 22.1. The number of amides is 1. The van der Waals surface area contributed by atoms with Gasteiger partial charge in [0.1, 0.15) is 0 Å². The molecule has 156 valence electrons. The van der Waals surface area contributed by atoms with Gasteiger partial charge in [-0.2, -0.15) is 0 Å². The van der Waals surface area contributed by atoms with Gasteiger partial charge in [0.15, 0.2) is 0 Å². The predicted molar refractivity (Wildman–Crippen MR) is 125 cm³/mol. The number of para-hydroxylation sites is 1. The van der Waals surface area contributed by atoms with Gasteiger partial charge in [0.2, 0.25) is 10.0 Å². The van der Waals surface area contributed by atoms with Crippen LogP contribution in [0, 0.1) is 13.8 Å². The SMILES string of the molecule is Cc1cccc(C)c1N(Cc1ccc(C(=O)Nc2cccc(Br)c2)cc1)S(C)(=O)=O. The molecule has 0 aliphatic heterocycles. The molecule has 0 aromatic heterocycles. The molecule has 3 aromatic carbocycles. The van der Waals surface area contributed by atoms with Crippen LogP contribution in [0.15, 0.2) is 71.2 Å². The van der Waals surface area contributed by atoms with Crippen molar-refractivity contribution in [3.8, 4) is 0 Å². The number of anilines is 2. The summed E-state index contributed by atoms with van der Waals surface area (Å²) in [5.41, 5.74) is 4.46. The highest BCUT2D eigenvalue weighted by Crippen LogP contribution is 2.28. The molecule has 7 heteroatoms. The maximum Gasteiger partial charge on any atom is 0.255 e. The molecule has 0 radical (unpaired) electrons. The van der Waals surface area contributed by atoms with Crippen molar-refractivity contribution >= 4 is 43.2 Å². The van der Waals surface area contributed by atoms with Gasteiger partial charge >= 0.3 is 0 Å². The molecular formula is C23H23BrN2O3S. The lowest BCUT2D eigenvalue weighted by Gasteiger charge is -2.26. The highest BCUT2D eigenvalue weighted by molar-refractivity contribution is 9.10. The summed E-state index contributed by atoms with van der Waals surface area (Å²) in [4.78, 5) is 12.5. The Kier molecular flexibility index (Phi) is 6.63. The van der Waals surface area contributed by atoms with E-state index in [1.807, 2.05) is 56.3 Å². The highest BCUT2D eigenvalue weighted by Gasteiger charge is 2.21. The molecule has 0 aliphatic rings. The molecule has 0 saturated heterocycles. The maximum absolute atomic E-state index is 12.5. The number of carbonyl (C=O) groups excluding carboxylic acids is 1. The predicted octanol–water partition coefficient (Wildman–Crippen LogP) is 5.28. The molecule has 0 aliphatic carbocycles. The molecule has 3 rings (SSSR count). The zero-order valence-electron chi connectivity index (χ0n) is 17.0. The van der Waals surface area contributed by atoms with Crippen molar-refractivity contribution in [2.45, 2.75) is 20.4 Å². The topological polar surface area (TPSA) is 66.5 Å². The first-order valence-electron chi connectivity index (χ1n) is 9.35. The Hall–Kier alpha value is -2.64. The molecule has 0 heterocycles.